The third-order valence-corrected chi connectivity index (χ3v) is 2.49. The van der Waals surface area contributed by atoms with E-state index in [1.54, 1.807) is 0 Å². The van der Waals surface area contributed by atoms with Gasteiger partial charge >= 0.3 is 0 Å². The van der Waals surface area contributed by atoms with Crippen molar-refractivity contribution in [1.29, 1.82) is 0 Å². The first-order valence-electron chi connectivity index (χ1n) is 5.11. The molecule has 1 aliphatic heterocycles. The van der Waals surface area contributed by atoms with Crippen LogP contribution in [0.25, 0.3) is 0 Å². The van der Waals surface area contributed by atoms with Crippen molar-refractivity contribution in [3.8, 4) is 0 Å². The molecule has 0 amide bonds. The zero-order chi connectivity index (χ0) is 8.81. The topological polar surface area (TPSA) is 18.5 Å². The minimum Gasteiger partial charge on any atom is -0.350 e. The normalized spacial score (nSPS) is 21.5. The molecule has 1 saturated heterocycles. The molecule has 2 heteroatoms. The van der Waals surface area contributed by atoms with Crippen LogP contribution in [0.2, 0.25) is 0 Å². The zero-order valence-electron chi connectivity index (χ0n) is 8.21. The minimum absolute atomic E-state index is 0.0987. The van der Waals surface area contributed by atoms with Crippen LogP contribution in [0.1, 0.15) is 39.5 Å². The van der Waals surface area contributed by atoms with Crippen molar-refractivity contribution in [3.63, 3.8) is 0 Å². The van der Waals surface area contributed by atoms with Gasteiger partial charge in [-0.15, -0.1) is 0 Å². The first-order chi connectivity index (χ1) is 5.88. The molecule has 0 radical (unpaired) electrons. The summed E-state index contributed by atoms with van der Waals surface area (Å²) in [6.45, 7) is 6.01. The van der Waals surface area contributed by atoms with Crippen LogP contribution in [0, 0.1) is 5.92 Å². The van der Waals surface area contributed by atoms with Crippen LogP contribution >= 0.6 is 0 Å². The average Bonchev–Trinajstić information content (AvgIpc) is 2.59. The third-order valence-electron chi connectivity index (χ3n) is 2.49. The zero-order valence-corrected chi connectivity index (χ0v) is 8.21. The van der Waals surface area contributed by atoms with Crippen molar-refractivity contribution >= 4 is 0 Å². The summed E-state index contributed by atoms with van der Waals surface area (Å²) in [5.74, 6) is 0.618. The van der Waals surface area contributed by atoms with Crippen LogP contribution in [0.5, 0.6) is 0 Å². The Morgan fingerprint density at radius 3 is 2.42 bits per heavy atom. The van der Waals surface area contributed by atoms with Gasteiger partial charge in [-0.3, -0.25) is 0 Å². The molecule has 0 aromatic rings. The lowest BCUT2D eigenvalue weighted by molar-refractivity contribution is -0.0867. The molecule has 1 fully saturated rings. The Morgan fingerprint density at radius 2 is 1.92 bits per heavy atom. The third kappa shape index (κ3) is 2.76. The van der Waals surface area contributed by atoms with Gasteiger partial charge in [0.1, 0.15) is 0 Å². The van der Waals surface area contributed by atoms with Gasteiger partial charge in [-0.2, -0.15) is 0 Å². The summed E-state index contributed by atoms with van der Waals surface area (Å²) >= 11 is 0. The first-order valence-corrected chi connectivity index (χ1v) is 5.11. The van der Waals surface area contributed by atoms with E-state index in [1.165, 1.54) is 25.7 Å². The van der Waals surface area contributed by atoms with Crippen molar-refractivity contribution in [2.45, 2.75) is 45.8 Å². The standard InChI is InChI=1S/C10H20O2/c1-3-5-6-9(4-2)10-11-7-8-12-10/h9-10H,3-8H2,1-2H3/t9-/m1/s1. The van der Waals surface area contributed by atoms with Gasteiger partial charge in [0, 0.05) is 5.92 Å². The molecule has 0 aromatic heterocycles. The van der Waals surface area contributed by atoms with E-state index in [1.807, 2.05) is 0 Å². The van der Waals surface area contributed by atoms with E-state index < -0.39 is 0 Å². The average molecular weight is 172 g/mol. The molecule has 0 N–H and O–H groups in total. The molecule has 0 saturated carbocycles. The summed E-state index contributed by atoms with van der Waals surface area (Å²) in [4.78, 5) is 0. The van der Waals surface area contributed by atoms with Crippen molar-refractivity contribution in [2.75, 3.05) is 13.2 Å². The second-order valence-corrected chi connectivity index (χ2v) is 3.42. The van der Waals surface area contributed by atoms with Gasteiger partial charge in [0.2, 0.25) is 0 Å². The number of hydrogen-bond acceptors (Lipinski definition) is 2. The van der Waals surface area contributed by atoms with E-state index in [0.29, 0.717) is 5.92 Å². The second-order valence-electron chi connectivity index (χ2n) is 3.42. The molecule has 1 aliphatic rings. The molecule has 2 nitrogen and oxygen atoms in total. The molecule has 0 aromatic carbocycles. The fourth-order valence-corrected chi connectivity index (χ4v) is 1.65. The summed E-state index contributed by atoms with van der Waals surface area (Å²) in [5.41, 5.74) is 0. The van der Waals surface area contributed by atoms with Crippen LogP contribution in [0.3, 0.4) is 0 Å². The smallest absolute Gasteiger partial charge is 0.160 e. The van der Waals surface area contributed by atoms with E-state index in [-0.39, 0.29) is 6.29 Å². The number of unbranched alkanes of at least 4 members (excludes halogenated alkanes) is 1. The molecule has 0 bridgehead atoms. The van der Waals surface area contributed by atoms with Gasteiger partial charge < -0.3 is 9.47 Å². The van der Waals surface area contributed by atoms with E-state index in [4.69, 9.17) is 9.47 Å². The highest BCUT2D eigenvalue weighted by molar-refractivity contribution is 4.64. The van der Waals surface area contributed by atoms with Crippen LogP contribution in [-0.4, -0.2) is 19.5 Å². The Hall–Kier alpha value is -0.0800. The Balaban J connectivity index is 2.22. The molecule has 72 valence electrons. The van der Waals surface area contributed by atoms with E-state index in [0.717, 1.165) is 13.2 Å². The molecule has 12 heavy (non-hydrogen) atoms. The molecule has 0 unspecified atom stereocenters. The van der Waals surface area contributed by atoms with Gasteiger partial charge in [-0.05, 0) is 12.8 Å². The maximum atomic E-state index is 5.48. The SMILES string of the molecule is CCCC[C@@H](CC)C1OCCO1. The predicted octanol–water partition coefficient (Wildman–Crippen LogP) is 2.58. The van der Waals surface area contributed by atoms with E-state index in [2.05, 4.69) is 13.8 Å². The molecule has 0 spiro atoms. The van der Waals surface area contributed by atoms with Crippen molar-refractivity contribution in [2.24, 2.45) is 5.92 Å². The summed E-state index contributed by atoms with van der Waals surface area (Å²) in [7, 11) is 0. The molecular formula is C10H20O2. The fourth-order valence-electron chi connectivity index (χ4n) is 1.65. The summed E-state index contributed by atoms with van der Waals surface area (Å²) < 4.78 is 11.0. The molecule has 0 aliphatic carbocycles. The van der Waals surface area contributed by atoms with Gasteiger partial charge in [0.15, 0.2) is 6.29 Å². The second kappa shape index (κ2) is 5.55. The molecule has 1 rings (SSSR count). The van der Waals surface area contributed by atoms with Gasteiger partial charge in [-0.25, -0.2) is 0 Å². The highest BCUT2D eigenvalue weighted by atomic mass is 16.7. The highest BCUT2D eigenvalue weighted by Gasteiger charge is 2.24. The first kappa shape index (κ1) is 10.0. The monoisotopic (exact) mass is 172 g/mol. The Labute approximate surface area is 75.2 Å². The number of ether oxygens (including phenoxy) is 2. The van der Waals surface area contributed by atoms with Gasteiger partial charge in [0.05, 0.1) is 13.2 Å². The highest BCUT2D eigenvalue weighted by Crippen LogP contribution is 2.22. The number of hydrogen-bond donors (Lipinski definition) is 0. The summed E-state index contributed by atoms with van der Waals surface area (Å²) in [5, 5.41) is 0. The van der Waals surface area contributed by atoms with Crippen LogP contribution in [0.4, 0.5) is 0 Å². The lowest BCUT2D eigenvalue weighted by Crippen LogP contribution is -2.20. The fraction of sp³-hybridized carbons (Fsp3) is 1.00. The minimum atomic E-state index is 0.0987. The lowest BCUT2D eigenvalue weighted by Gasteiger charge is -2.20. The number of rotatable bonds is 5. The van der Waals surface area contributed by atoms with Crippen LogP contribution < -0.4 is 0 Å². The summed E-state index contributed by atoms with van der Waals surface area (Å²) in [6, 6.07) is 0. The van der Waals surface area contributed by atoms with E-state index in [9.17, 15) is 0 Å². The van der Waals surface area contributed by atoms with Crippen molar-refractivity contribution in [1.82, 2.24) is 0 Å². The maximum absolute atomic E-state index is 5.48. The molecule has 1 heterocycles. The Morgan fingerprint density at radius 1 is 1.25 bits per heavy atom. The van der Waals surface area contributed by atoms with Crippen molar-refractivity contribution < 1.29 is 9.47 Å². The summed E-state index contributed by atoms with van der Waals surface area (Å²) in [6.07, 6.45) is 5.08. The largest absolute Gasteiger partial charge is 0.350 e. The van der Waals surface area contributed by atoms with Gasteiger partial charge in [0.25, 0.3) is 0 Å². The van der Waals surface area contributed by atoms with Crippen molar-refractivity contribution in [3.05, 3.63) is 0 Å². The Kier molecular flexibility index (Phi) is 4.62. The predicted molar refractivity (Wildman–Crippen MR) is 49.0 cm³/mol. The maximum Gasteiger partial charge on any atom is 0.160 e. The quantitative estimate of drug-likeness (QED) is 0.634. The van der Waals surface area contributed by atoms with Crippen LogP contribution in [0.15, 0.2) is 0 Å². The molecule has 1 atom stereocenters. The lowest BCUT2D eigenvalue weighted by atomic mass is 9.99. The molecular weight excluding hydrogens is 152 g/mol. The Bertz CT molecular complexity index is 108. The van der Waals surface area contributed by atoms with Gasteiger partial charge in [-0.1, -0.05) is 26.7 Å². The van der Waals surface area contributed by atoms with Crippen LogP contribution in [-0.2, 0) is 9.47 Å². The van der Waals surface area contributed by atoms with E-state index >= 15 is 0 Å².